The van der Waals surface area contributed by atoms with Crippen molar-refractivity contribution in [1.82, 2.24) is 0 Å². The molecule has 1 N–H and O–H groups in total. The van der Waals surface area contributed by atoms with Gasteiger partial charge in [-0.2, -0.15) is 4.58 Å². The van der Waals surface area contributed by atoms with Gasteiger partial charge in [0, 0.05) is 11.6 Å². The van der Waals surface area contributed by atoms with Crippen molar-refractivity contribution < 1.29 is 14.1 Å². The summed E-state index contributed by atoms with van der Waals surface area (Å²) in [5.41, 5.74) is 5.55. The lowest BCUT2D eigenvalue weighted by atomic mass is 10.0. The highest BCUT2D eigenvalue weighted by molar-refractivity contribution is 6.06. The highest BCUT2D eigenvalue weighted by Gasteiger charge is 2.32. The van der Waals surface area contributed by atoms with Crippen LogP contribution in [0, 0.1) is 0 Å². The van der Waals surface area contributed by atoms with E-state index in [4.69, 9.17) is 4.74 Å². The lowest BCUT2D eigenvalue weighted by Gasteiger charge is -2.14. The van der Waals surface area contributed by atoms with E-state index in [1.54, 1.807) is 0 Å². The number of nitrogens with zero attached hydrogens (tertiary/aromatic N) is 1. The molecule has 4 nitrogen and oxygen atoms in total. The second-order valence-corrected chi connectivity index (χ2v) is 6.17. The maximum absolute atomic E-state index is 11.9. The molecule has 0 fully saturated rings. The van der Waals surface area contributed by atoms with Crippen LogP contribution >= 0.6 is 0 Å². The van der Waals surface area contributed by atoms with E-state index in [2.05, 4.69) is 47.3 Å². The second kappa shape index (κ2) is 5.23. The van der Waals surface area contributed by atoms with Gasteiger partial charge in [0.15, 0.2) is 11.5 Å². The summed E-state index contributed by atoms with van der Waals surface area (Å²) < 4.78 is 8.30. The van der Waals surface area contributed by atoms with Gasteiger partial charge in [-0.1, -0.05) is 24.3 Å². The van der Waals surface area contributed by atoms with Crippen LogP contribution in [-0.4, -0.2) is 29.3 Å². The van der Waals surface area contributed by atoms with Crippen molar-refractivity contribution in [2.45, 2.75) is 25.9 Å². The molecule has 1 atom stereocenters. The SMILES string of the molecule is C[C@@H]1CC(=O)Nc2cccc(C3=[N+](C)c4ccccc4C3)c2O1. The van der Waals surface area contributed by atoms with E-state index in [0.717, 1.165) is 23.4 Å². The van der Waals surface area contributed by atoms with Gasteiger partial charge < -0.3 is 10.1 Å². The van der Waals surface area contributed by atoms with Gasteiger partial charge in [-0.25, -0.2) is 0 Å². The summed E-state index contributed by atoms with van der Waals surface area (Å²) in [6.45, 7) is 1.93. The topological polar surface area (TPSA) is 41.3 Å². The molecular weight excluding hydrogens is 288 g/mol. The van der Waals surface area contributed by atoms with E-state index in [-0.39, 0.29) is 12.0 Å². The predicted molar refractivity (Wildman–Crippen MR) is 89.9 cm³/mol. The Morgan fingerprint density at radius 2 is 2.00 bits per heavy atom. The van der Waals surface area contributed by atoms with Crippen LogP contribution < -0.4 is 10.1 Å². The maximum Gasteiger partial charge on any atom is 0.228 e. The quantitative estimate of drug-likeness (QED) is 0.823. The van der Waals surface area contributed by atoms with Crippen LogP contribution in [-0.2, 0) is 11.2 Å². The summed E-state index contributed by atoms with van der Waals surface area (Å²) in [6.07, 6.45) is 1.11. The highest BCUT2D eigenvalue weighted by atomic mass is 16.5. The number of carbonyl (C=O) groups is 1. The van der Waals surface area contributed by atoms with E-state index in [1.165, 1.54) is 17.0 Å². The van der Waals surface area contributed by atoms with Gasteiger partial charge in [-0.15, -0.1) is 0 Å². The molecule has 1 amide bonds. The summed E-state index contributed by atoms with van der Waals surface area (Å²) in [7, 11) is 2.08. The molecule has 0 saturated carbocycles. The van der Waals surface area contributed by atoms with Gasteiger partial charge in [-0.05, 0) is 19.1 Å². The molecule has 0 bridgehead atoms. The molecule has 0 radical (unpaired) electrons. The summed E-state index contributed by atoms with van der Waals surface area (Å²) in [5.74, 6) is 0.780. The van der Waals surface area contributed by atoms with Crippen LogP contribution in [0.1, 0.15) is 24.5 Å². The van der Waals surface area contributed by atoms with E-state index in [9.17, 15) is 4.79 Å². The standard InChI is InChI=1S/C19H18N2O2/c1-12-10-18(22)20-15-8-5-7-14(19(15)23-12)17-11-13-6-3-4-9-16(13)21(17)2/h3-9,12H,10-11H2,1-2H3/p+1/t12-/m1/s1. The van der Waals surface area contributed by atoms with Gasteiger partial charge in [0.1, 0.15) is 13.2 Å². The average Bonchev–Trinajstić information content (AvgIpc) is 2.77. The zero-order valence-corrected chi connectivity index (χ0v) is 13.3. The number of fused-ring (bicyclic) bond motifs is 2. The first-order chi connectivity index (χ1) is 11.1. The second-order valence-electron chi connectivity index (χ2n) is 6.17. The van der Waals surface area contributed by atoms with Crippen LogP contribution in [0.3, 0.4) is 0 Å². The lowest BCUT2D eigenvalue weighted by Crippen LogP contribution is -2.18. The van der Waals surface area contributed by atoms with Gasteiger partial charge in [0.25, 0.3) is 0 Å². The first kappa shape index (κ1) is 14.0. The van der Waals surface area contributed by atoms with Gasteiger partial charge >= 0.3 is 0 Å². The molecule has 0 saturated heterocycles. The number of anilines is 1. The van der Waals surface area contributed by atoms with Crippen LogP contribution in [0.15, 0.2) is 42.5 Å². The first-order valence-electron chi connectivity index (χ1n) is 7.91. The monoisotopic (exact) mass is 307 g/mol. The third-order valence-corrected chi connectivity index (χ3v) is 4.51. The molecule has 0 spiro atoms. The van der Waals surface area contributed by atoms with E-state index < -0.39 is 0 Å². The van der Waals surface area contributed by atoms with Crippen molar-refractivity contribution in [1.29, 1.82) is 0 Å². The Morgan fingerprint density at radius 1 is 1.17 bits per heavy atom. The fraction of sp³-hybridized carbons (Fsp3) is 0.263. The molecular formula is C19H19N2O2+. The van der Waals surface area contributed by atoms with Crippen molar-refractivity contribution in [2.75, 3.05) is 12.4 Å². The van der Waals surface area contributed by atoms with Crippen molar-refractivity contribution >= 4 is 23.0 Å². The molecule has 0 aliphatic carbocycles. The minimum atomic E-state index is -0.132. The fourth-order valence-corrected chi connectivity index (χ4v) is 3.40. The lowest BCUT2D eigenvalue weighted by molar-refractivity contribution is -0.401. The number of ether oxygens (including phenoxy) is 1. The Hall–Kier alpha value is -2.62. The van der Waals surface area contributed by atoms with E-state index in [0.29, 0.717) is 6.42 Å². The Kier molecular flexibility index (Phi) is 3.18. The van der Waals surface area contributed by atoms with Gasteiger partial charge in [-0.3, -0.25) is 4.79 Å². The van der Waals surface area contributed by atoms with Crippen molar-refractivity contribution in [3.8, 4) is 5.75 Å². The Labute approximate surface area is 135 Å². The third kappa shape index (κ3) is 2.31. The summed E-state index contributed by atoms with van der Waals surface area (Å²) >= 11 is 0. The number of para-hydroxylation sites is 2. The Balaban J connectivity index is 1.85. The number of amides is 1. The van der Waals surface area contributed by atoms with Crippen LogP contribution in [0.25, 0.3) is 0 Å². The molecule has 0 unspecified atom stereocenters. The van der Waals surface area contributed by atoms with Crippen LogP contribution in [0.5, 0.6) is 5.75 Å². The molecule has 4 heteroatoms. The zero-order valence-electron chi connectivity index (χ0n) is 13.3. The Bertz CT molecular complexity index is 839. The number of carbonyl (C=O) groups excluding carboxylic acids is 1. The van der Waals surface area contributed by atoms with E-state index >= 15 is 0 Å². The summed E-state index contributed by atoms with van der Waals surface area (Å²) in [4.78, 5) is 11.9. The van der Waals surface area contributed by atoms with Crippen LogP contribution in [0.2, 0.25) is 0 Å². The number of rotatable bonds is 1. The molecule has 23 heavy (non-hydrogen) atoms. The smallest absolute Gasteiger partial charge is 0.228 e. The number of benzene rings is 2. The van der Waals surface area contributed by atoms with Crippen molar-refractivity contribution in [3.05, 3.63) is 53.6 Å². The summed E-state index contributed by atoms with van der Waals surface area (Å²) in [5, 5.41) is 2.96. The van der Waals surface area contributed by atoms with Crippen molar-refractivity contribution in [2.24, 2.45) is 0 Å². The number of hydrogen-bond donors (Lipinski definition) is 1. The average molecular weight is 307 g/mol. The number of hydrogen-bond acceptors (Lipinski definition) is 2. The molecule has 2 aliphatic rings. The van der Waals surface area contributed by atoms with E-state index in [1.807, 2.05) is 19.1 Å². The molecule has 116 valence electrons. The molecule has 4 rings (SSSR count). The van der Waals surface area contributed by atoms with Crippen LogP contribution in [0.4, 0.5) is 11.4 Å². The molecule has 2 aliphatic heterocycles. The normalized spacial score (nSPS) is 19.6. The minimum absolute atomic E-state index is 0.00135. The molecule has 2 aromatic carbocycles. The fourth-order valence-electron chi connectivity index (χ4n) is 3.40. The predicted octanol–water partition coefficient (Wildman–Crippen LogP) is 3.12. The highest BCUT2D eigenvalue weighted by Crippen LogP contribution is 2.36. The number of nitrogens with one attached hydrogen (secondary N) is 1. The Morgan fingerprint density at radius 3 is 2.83 bits per heavy atom. The van der Waals surface area contributed by atoms with Crippen molar-refractivity contribution in [3.63, 3.8) is 0 Å². The molecule has 2 heterocycles. The minimum Gasteiger partial charge on any atom is -0.487 e. The zero-order chi connectivity index (χ0) is 16.0. The summed E-state index contributed by atoms with van der Waals surface area (Å²) in [6, 6.07) is 14.4. The van der Waals surface area contributed by atoms with Gasteiger partial charge in [0.05, 0.1) is 24.1 Å². The molecule has 0 aromatic heterocycles. The first-order valence-corrected chi connectivity index (χ1v) is 7.91. The largest absolute Gasteiger partial charge is 0.487 e. The maximum atomic E-state index is 11.9. The van der Waals surface area contributed by atoms with Gasteiger partial charge in [0.2, 0.25) is 11.6 Å². The third-order valence-electron chi connectivity index (χ3n) is 4.51. The molecule has 2 aromatic rings.